The van der Waals surface area contributed by atoms with Gasteiger partial charge in [-0.3, -0.25) is 4.79 Å². The molecule has 0 radical (unpaired) electrons. The van der Waals surface area contributed by atoms with E-state index in [-0.39, 0.29) is 6.15 Å². The fourth-order valence-electron chi connectivity index (χ4n) is 0. The second kappa shape index (κ2) is 12.2. The predicted octanol–water partition coefficient (Wildman–Crippen LogP) is 0.268. The second-order valence-electron chi connectivity index (χ2n) is 0.105. The van der Waals surface area contributed by atoms with E-state index in [1.54, 1.807) is 0 Å². The molecule has 0 aromatic carbocycles. The van der Waals surface area contributed by atoms with E-state index in [9.17, 15) is 0 Å². The molecule has 0 atom stereocenters. The lowest BCUT2D eigenvalue weighted by molar-refractivity contribution is 0.570. The minimum Gasteiger partial charge on any atom is -0.344 e. The summed E-state index contributed by atoms with van der Waals surface area (Å²) < 4.78 is 0. The van der Waals surface area contributed by atoms with Gasteiger partial charge < -0.3 is 6.15 Å². The van der Waals surface area contributed by atoms with E-state index in [1.807, 2.05) is 0 Å². The van der Waals surface area contributed by atoms with Crippen molar-refractivity contribution in [3.8, 4) is 0 Å². The van der Waals surface area contributed by atoms with Gasteiger partial charge in [-0.1, -0.05) is 0 Å². The summed E-state index contributed by atoms with van der Waals surface area (Å²) in [5, 5.41) is 0. The Kier molecular flexibility index (Phi) is 27.4. The van der Waals surface area contributed by atoms with E-state index < -0.39 is 0 Å². The van der Waals surface area contributed by atoms with Crippen molar-refractivity contribution < 1.29 is 4.79 Å². The van der Waals surface area contributed by atoms with Gasteiger partial charge in [0.25, 0.3) is 0 Å². The summed E-state index contributed by atoms with van der Waals surface area (Å²) in [6, 6.07) is 0. The number of hydrogen-bond acceptors (Lipinski definition) is 2. The van der Waals surface area contributed by atoms with Gasteiger partial charge in [0, 0.05) is 0 Å². The van der Waals surface area contributed by atoms with Crippen molar-refractivity contribution in [1.82, 2.24) is 6.15 Å². The van der Waals surface area contributed by atoms with Crippen molar-refractivity contribution in [3.05, 3.63) is 0 Å². The number of carbonyl (C=O) groups is 1. The van der Waals surface area contributed by atoms with Crippen LogP contribution < -0.4 is 6.15 Å². The molecule has 2 nitrogen and oxygen atoms in total. The van der Waals surface area contributed by atoms with E-state index in [1.165, 1.54) is 0 Å². The van der Waals surface area contributed by atoms with E-state index in [0.717, 1.165) is 0 Å². The van der Waals surface area contributed by atoms with Gasteiger partial charge in [-0.25, -0.2) is 0 Å². The van der Waals surface area contributed by atoms with Crippen LogP contribution in [0, 0.1) is 0 Å². The average Bonchev–Trinajstić information content (AvgIpc) is 0.918. The molecular weight excluding hydrogens is 74.1 g/mol. The Morgan fingerprint density at radius 1 is 1.75 bits per heavy atom. The Bertz CT molecular complexity index is 15.5. The van der Waals surface area contributed by atoms with Crippen LogP contribution in [0.15, 0.2) is 0 Å². The van der Waals surface area contributed by atoms with Crippen LogP contribution >= 0.6 is 12.6 Å². The zero-order valence-electron chi connectivity index (χ0n) is 2.14. The minimum atomic E-state index is 0. The number of hydrogen-bond donors (Lipinski definition) is 2. The zero-order valence-corrected chi connectivity index (χ0v) is 3.03. The third-order valence-corrected chi connectivity index (χ3v) is 0. The van der Waals surface area contributed by atoms with Crippen molar-refractivity contribution in [2.24, 2.45) is 0 Å². The number of rotatable bonds is 0. The zero-order chi connectivity index (χ0) is 2.71. The topological polar surface area (TPSA) is 52.1 Å². The van der Waals surface area contributed by atoms with Crippen LogP contribution in [-0.2, 0) is 4.79 Å². The summed E-state index contributed by atoms with van der Waals surface area (Å²) in [5.74, 6) is 0. The smallest absolute Gasteiger partial charge is 0.173 e. The van der Waals surface area contributed by atoms with Gasteiger partial charge in [-0.15, -0.1) is 12.6 Å². The van der Waals surface area contributed by atoms with Gasteiger partial charge in [0.1, 0.15) is 0 Å². The molecule has 26 valence electrons. The van der Waals surface area contributed by atoms with Crippen LogP contribution in [0.25, 0.3) is 0 Å². The van der Waals surface area contributed by atoms with E-state index >= 15 is 0 Å². The Morgan fingerprint density at radius 2 is 1.75 bits per heavy atom. The highest BCUT2D eigenvalue weighted by Crippen LogP contribution is 1.39. The normalized spacial score (nSPS) is 3.25. The molecule has 3 heteroatoms. The fraction of sp³-hybridized carbons (Fsp3) is 0. The summed E-state index contributed by atoms with van der Waals surface area (Å²) in [4.78, 5) is 8.67. The van der Waals surface area contributed by atoms with Crippen LogP contribution in [0.5, 0.6) is 0 Å². The van der Waals surface area contributed by atoms with E-state index in [2.05, 4.69) is 12.6 Å². The molecule has 0 aliphatic heterocycles. The predicted molar refractivity (Wildman–Crippen MR) is 20.8 cm³/mol. The SMILES string of the molecule is N.O=CS. The average molecular weight is 79.1 g/mol. The largest absolute Gasteiger partial charge is 0.344 e. The molecule has 0 unspecified atom stereocenters. The first-order valence-electron chi connectivity index (χ1n) is 0.494. The van der Waals surface area contributed by atoms with Crippen molar-refractivity contribution in [3.63, 3.8) is 0 Å². The van der Waals surface area contributed by atoms with Crippen molar-refractivity contribution in [2.75, 3.05) is 0 Å². The van der Waals surface area contributed by atoms with Gasteiger partial charge in [0.2, 0.25) is 0 Å². The maximum Gasteiger partial charge on any atom is 0.173 e. The molecule has 0 saturated carbocycles. The second-order valence-corrected chi connectivity index (χ2v) is 0.316. The summed E-state index contributed by atoms with van der Waals surface area (Å²) in [6.07, 6.45) is 0. The van der Waals surface area contributed by atoms with Crippen molar-refractivity contribution >= 4 is 18.2 Å². The van der Waals surface area contributed by atoms with Crippen LogP contribution in [0.3, 0.4) is 0 Å². The Hall–Kier alpha value is -0.0200. The molecule has 0 aliphatic carbocycles. The first-order chi connectivity index (χ1) is 1.41. The highest BCUT2D eigenvalue weighted by atomic mass is 32.1. The maximum atomic E-state index is 8.67. The number of carbonyl (C=O) groups excluding carboxylic acids is 1. The molecule has 0 heterocycles. The van der Waals surface area contributed by atoms with Gasteiger partial charge in [-0.2, -0.15) is 0 Å². The third kappa shape index (κ3) is 4750. The van der Waals surface area contributed by atoms with Gasteiger partial charge >= 0.3 is 0 Å². The lowest BCUT2D eigenvalue weighted by Gasteiger charge is -1.24. The molecule has 0 rings (SSSR count). The van der Waals surface area contributed by atoms with Crippen molar-refractivity contribution in [1.29, 1.82) is 0 Å². The summed E-state index contributed by atoms with van der Waals surface area (Å²) >= 11 is 3.11. The Labute approximate surface area is 30.2 Å². The number of thiol groups is 1. The maximum absolute atomic E-state index is 8.67. The summed E-state index contributed by atoms with van der Waals surface area (Å²) in [6.45, 7) is 0. The van der Waals surface area contributed by atoms with Crippen LogP contribution in [0.1, 0.15) is 0 Å². The quantitative estimate of drug-likeness (QED) is 0.323. The minimum absolute atomic E-state index is 0. The standard InChI is InChI=1S/CH2OS.H3N/c2-1-3;/h1H,(H,2,3);1H3. The molecule has 4 heavy (non-hydrogen) atoms. The molecule has 0 aliphatic rings. The summed E-state index contributed by atoms with van der Waals surface area (Å²) in [5.41, 5.74) is 0.444. The Balaban J connectivity index is 0. The highest BCUT2D eigenvalue weighted by Gasteiger charge is 1.24. The molecule has 0 bridgehead atoms. The molecule has 0 amide bonds. The van der Waals surface area contributed by atoms with Crippen molar-refractivity contribution in [2.45, 2.75) is 0 Å². The van der Waals surface area contributed by atoms with E-state index in [0.29, 0.717) is 5.62 Å². The fourth-order valence-corrected chi connectivity index (χ4v) is 0. The monoisotopic (exact) mass is 79.0 g/mol. The molecule has 3 N–H and O–H groups in total. The van der Waals surface area contributed by atoms with Gasteiger partial charge in [0.05, 0.1) is 0 Å². The molecule has 0 fully saturated rings. The summed E-state index contributed by atoms with van der Waals surface area (Å²) in [7, 11) is 0. The van der Waals surface area contributed by atoms with Crippen LogP contribution in [-0.4, -0.2) is 5.62 Å². The first kappa shape index (κ1) is 9.02. The lowest BCUT2D eigenvalue weighted by atomic mass is 11.8. The first-order valence-corrected chi connectivity index (χ1v) is 1.01. The van der Waals surface area contributed by atoms with Gasteiger partial charge in [0.15, 0.2) is 5.62 Å². The molecular formula is CH5NOS. The molecule has 0 saturated heterocycles. The Morgan fingerprint density at radius 3 is 1.75 bits per heavy atom. The lowest BCUT2D eigenvalue weighted by Crippen LogP contribution is -1.25. The van der Waals surface area contributed by atoms with Crippen LogP contribution in [0.2, 0.25) is 0 Å². The molecule has 0 aromatic rings. The van der Waals surface area contributed by atoms with Gasteiger partial charge in [-0.05, 0) is 0 Å². The third-order valence-electron chi connectivity index (χ3n) is 0. The highest BCUT2D eigenvalue weighted by molar-refractivity contribution is 7.94. The molecule has 0 spiro atoms. The van der Waals surface area contributed by atoms with E-state index in [4.69, 9.17) is 4.79 Å². The molecule has 0 aromatic heterocycles. The van der Waals surface area contributed by atoms with Crippen LogP contribution in [0.4, 0.5) is 0 Å².